The van der Waals surface area contributed by atoms with Gasteiger partial charge >= 0.3 is 0 Å². The zero-order chi connectivity index (χ0) is 14.8. The van der Waals surface area contributed by atoms with Crippen molar-refractivity contribution in [3.05, 3.63) is 0 Å². The van der Waals surface area contributed by atoms with Gasteiger partial charge in [-0.3, -0.25) is 4.57 Å². The molecular formula is C11H29N2O4P. The van der Waals surface area contributed by atoms with Crippen LogP contribution in [-0.2, 0) is 9.09 Å². The molecule has 1 unspecified atom stereocenters. The maximum atomic E-state index is 10.1. The Bertz CT molecular complexity index is 228. The van der Waals surface area contributed by atoms with Gasteiger partial charge in [-0.2, -0.15) is 0 Å². The van der Waals surface area contributed by atoms with Crippen LogP contribution in [0.2, 0.25) is 0 Å². The largest absolute Gasteiger partial charge is 0.756 e. The molecule has 0 rings (SSSR count). The van der Waals surface area contributed by atoms with Crippen molar-refractivity contribution < 1.29 is 23.4 Å². The lowest BCUT2D eigenvalue weighted by Crippen LogP contribution is -2.37. The summed E-state index contributed by atoms with van der Waals surface area (Å²) < 4.78 is 14.8. The molecule has 0 bridgehead atoms. The number of phosphoric acid groups is 1. The lowest BCUT2D eigenvalue weighted by Gasteiger charge is -2.25. The summed E-state index contributed by atoms with van der Waals surface area (Å²) in [6.07, 6.45) is 0. The van der Waals surface area contributed by atoms with Gasteiger partial charge in [-0.1, -0.05) is 20.8 Å². The first-order chi connectivity index (χ1) is 8.05. The van der Waals surface area contributed by atoms with Crippen molar-refractivity contribution in [1.29, 1.82) is 0 Å². The predicted molar refractivity (Wildman–Crippen MR) is 72.1 cm³/mol. The highest BCUT2D eigenvalue weighted by molar-refractivity contribution is 7.44. The highest BCUT2D eigenvalue weighted by Gasteiger charge is 2.08. The molecule has 0 heterocycles. The van der Waals surface area contributed by atoms with Crippen molar-refractivity contribution in [3.63, 3.8) is 0 Å². The Morgan fingerprint density at radius 2 is 1.56 bits per heavy atom. The summed E-state index contributed by atoms with van der Waals surface area (Å²) in [6, 6.07) is 0. The van der Waals surface area contributed by atoms with Crippen molar-refractivity contribution in [3.8, 4) is 0 Å². The predicted octanol–water partition coefficient (Wildman–Crippen LogP) is 0.518. The van der Waals surface area contributed by atoms with E-state index in [1.54, 1.807) is 0 Å². The summed E-state index contributed by atoms with van der Waals surface area (Å²) in [4.78, 5) is 20.6. The van der Waals surface area contributed by atoms with Crippen LogP contribution in [0, 0.1) is 0 Å². The lowest BCUT2D eigenvalue weighted by molar-refractivity contribution is -0.870. The van der Waals surface area contributed by atoms with Crippen molar-refractivity contribution in [2.75, 3.05) is 53.9 Å². The average molecular weight is 284 g/mol. The van der Waals surface area contributed by atoms with Gasteiger partial charge in [-0.15, -0.1) is 0 Å². The van der Waals surface area contributed by atoms with E-state index in [0.29, 0.717) is 11.0 Å². The molecule has 7 heteroatoms. The SMILES string of the molecule is CCN(CC)CC.C[N+](C)(C)CCOP(=O)([O-])O. The summed E-state index contributed by atoms with van der Waals surface area (Å²) in [5.41, 5.74) is 0. The molecule has 0 saturated carbocycles. The van der Waals surface area contributed by atoms with Gasteiger partial charge in [0.25, 0.3) is 7.82 Å². The van der Waals surface area contributed by atoms with Gasteiger partial charge in [0.1, 0.15) is 13.2 Å². The van der Waals surface area contributed by atoms with Crippen LogP contribution in [-0.4, -0.2) is 68.2 Å². The van der Waals surface area contributed by atoms with Crippen LogP contribution in [0.3, 0.4) is 0 Å². The number of phosphoric ester groups is 1. The monoisotopic (exact) mass is 284 g/mol. The van der Waals surface area contributed by atoms with E-state index < -0.39 is 7.82 Å². The second-order valence-corrected chi connectivity index (χ2v) is 6.13. The van der Waals surface area contributed by atoms with Crippen molar-refractivity contribution in [1.82, 2.24) is 4.90 Å². The minimum atomic E-state index is -4.51. The zero-order valence-corrected chi connectivity index (χ0v) is 13.4. The molecule has 0 amide bonds. The van der Waals surface area contributed by atoms with E-state index in [2.05, 4.69) is 30.2 Å². The Hall–Kier alpha value is 0.0300. The summed E-state index contributed by atoms with van der Waals surface area (Å²) in [6.45, 7) is 10.7. The molecule has 0 aromatic heterocycles. The number of rotatable bonds is 7. The van der Waals surface area contributed by atoms with Gasteiger partial charge in [0.2, 0.25) is 0 Å². The van der Waals surface area contributed by atoms with E-state index >= 15 is 0 Å². The summed E-state index contributed by atoms with van der Waals surface area (Å²) in [7, 11) is 1.19. The quantitative estimate of drug-likeness (QED) is 0.545. The highest BCUT2D eigenvalue weighted by Crippen LogP contribution is 2.29. The Kier molecular flexibility index (Phi) is 11.2. The Balaban J connectivity index is 0. The topological polar surface area (TPSA) is 72.8 Å². The summed E-state index contributed by atoms with van der Waals surface area (Å²) in [5.74, 6) is 0. The summed E-state index contributed by atoms with van der Waals surface area (Å²) in [5, 5.41) is 0. The van der Waals surface area contributed by atoms with Crippen LogP contribution in [0.5, 0.6) is 0 Å². The third kappa shape index (κ3) is 18.4. The highest BCUT2D eigenvalue weighted by atomic mass is 31.2. The fourth-order valence-corrected chi connectivity index (χ4v) is 1.41. The molecule has 0 spiro atoms. The second kappa shape index (κ2) is 9.89. The fourth-order valence-electron chi connectivity index (χ4n) is 1.10. The van der Waals surface area contributed by atoms with Gasteiger partial charge in [-0.25, -0.2) is 0 Å². The van der Waals surface area contributed by atoms with Crippen molar-refractivity contribution >= 4 is 7.82 Å². The maximum absolute atomic E-state index is 10.1. The molecule has 0 aromatic carbocycles. The van der Waals surface area contributed by atoms with Gasteiger partial charge in [0.15, 0.2) is 0 Å². The van der Waals surface area contributed by atoms with E-state index in [1.165, 1.54) is 19.6 Å². The molecule has 0 saturated heterocycles. The lowest BCUT2D eigenvalue weighted by atomic mass is 10.5. The Morgan fingerprint density at radius 1 is 1.17 bits per heavy atom. The van der Waals surface area contributed by atoms with Crippen LogP contribution in [0.1, 0.15) is 20.8 Å². The summed E-state index contributed by atoms with van der Waals surface area (Å²) >= 11 is 0. The molecule has 0 aliphatic heterocycles. The van der Waals surface area contributed by atoms with Crippen LogP contribution < -0.4 is 4.89 Å². The van der Waals surface area contributed by atoms with E-state index in [0.717, 1.165) is 0 Å². The molecule has 0 aromatic rings. The standard InChI is InChI=1S/C6H15N.C5H14NO4P/c1-4-7(5-2)6-3;1-6(2,3)4-5-10-11(7,8)9/h4-6H2,1-3H3;4-5H2,1-3H3,(H-,7,8,9). The van der Waals surface area contributed by atoms with Crippen molar-refractivity contribution in [2.24, 2.45) is 0 Å². The fraction of sp³-hybridized carbons (Fsp3) is 1.00. The molecule has 1 atom stereocenters. The first-order valence-corrected chi connectivity index (χ1v) is 7.76. The third-order valence-electron chi connectivity index (χ3n) is 2.36. The van der Waals surface area contributed by atoms with Gasteiger partial charge < -0.3 is 23.7 Å². The Labute approximate surface area is 111 Å². The normalized spacial score (nSPS) is 14.9. The number of likely N-dealkylation sites (N-methyl/N-ethyl adjacent to an activating group) is 1. The van der Waals surface area contributed by atoms with Crippen LogP contribution in [0.25, 0.3) is 0 Å². The van der Waals surface area contributed by atoms with E-state index in [9.17, 15) is 9.46 Å². The Morgan fingerprint density at radius 3 is 1.72 bits per heavy atom. The third-order valence-corrected chi connectivity index (χ3v) is 2.87. The minimum Gasteiger partial charge on any atom is -0.756 e. The molecule has 1 N–H and O–H groups in total. The van der Waals surface area contributed by atoms with Crippen molar-refractivity contribution in [2.45, 2.75) is 20.8 Å². The number of nitrogens with zero attached hydrogens (tertiary/aromatic N) is 2. The van der Waals surface area contributed by atoms with E-state index in [-0.39, 0.29) is 6.61 Å². The molecule has 6 nitrogen and oxygen atoms in total. The van der Waals surface area contributed by atoms with Crippen LogP contribution in [0.4, 0.5) is 0 Å². The second-order valence-electron chi connectivity index (χ2n) is 4.94. The van der Waals surface area contributed by atoms with Crippen LogP contribution >= 0.6 is 7.82 Å². The molecule has 0 aliphatic rings. The maximum Gasteiger partial charge on any atom is 0.265 e. The number of hydrogen-bond acceptors (Lipinski definition) is 4. The first kappa shape index (κ1) is 20.3. The average Bonchev–Trinajstić information content (AvgIpc) is 2.17. The smallest absolute Gasteiger partial charge is 0.265 e. The van der Waals surface area contributed by atoms with Crippen LogP contribution in [0.15, 0.2) is 0 Å². The van der Waals surface area contributed by atoms with E-state index in [1.807, 2.05) is 21.1 Å². The van der Waals surface area contributed by atoms with E-state index in [4.69, 9.17) is 4.89 Å². The molecule has 0 radical (unpaired) electrons. The molecule has 0 aliphatic carbocycles. The molecule has 18 heavy (non-hydrogen) atoms. The first-order valence-electron chi connectivity index (χ1n) is 6.26. The number of quaternary nitrogens is 1. The molecular weight excluding hydrogens is 255 g/mol. The van der Waals surface area contributed by atoms with Gasteiger partial charge in [0, 0.05) is 0 Å². The number of hydrogen-bond donors (Lipinski definition) is 1. The minimum absolute atomic E-state index is 0.0147. The van der Waals surface area contributed by atoms with Gasteiger partial charge in [-0.05, 0) is 19.6 Å². The zero-order valence-electron chi connectivity index (χ0n) is 12.5. The molecule has 0 fully saturated rings. The molecule has 112 valence electrons. The van der Waals surface area contributed by atoms with Gasteiger partial charge in [0.05, 0.1) is 21.1 Å².